The second kappa shape index (κ2) is 7.82. The van der Waals surface area contributed by atoms with Crippen molar-refractivity contribution in [3.63, 3.8) is 0 Å². The molecule has 3 unspecified atom stereocenters. The number of ether oxygens (including phenoxy) is 1. The van der Waals surface area contributed by atoms with Crippen molar-refractivity contribution in [2.45, 2.75) is 39.2 Å². The van der Waals surface area contributed by atoms with E-state index in [4.69, 9.17) is 4.74 Å². The molecule has 0 N–H and O–H groups in total. The van der Waals surface area contributed by atoms with Crippen LogP contribution in [0.3, 0.4) is 0 Å². The van der Waals surface area contributed by atoms with Gasteiger partial charge in [0.05, 0.1) is 11.9 Å². The van der Waals surface area contributed by atoms with Gasteiger partial charge in [0.1, 0.15) is 5.82 Å². The molecule has 0 heterocycles. The van der Waals surface area contributed by atoms with E-state index in [0.29, 0.717) is 17.9 Å². The summed E-state index contributed by atoms with van der Waals surface area (Å²) in [7, 11) is 0. The van der Waals surface area contributed by atoms with Crippen LogP contribution in [0.4, 0.5) is 17.3 Å². The van der Waals surface area contributed by atoms with Crippen LogP contribution in [0.5, 0.6) is 5.75 Å². The Morgan fingerprint density at radius 2 is 1.76 bits per heavy atom. The van der Waals surface area contributed by atoms with Gasteiger partial charge >= 0.3 is 58.4 Å². The largest absolute Gasteiger partial charge is 1.00 e. The maximum Gasteiger partial charge on any atom is 1.00 e. The summed E-state index contributed by atoms with van der Waals surface area (Å²) in [4.78, 5) is 0. The fourth-order valence-corrected chi connectivity index (χ4v) is 2.67. The molecule has 1 aromatic carbocycles. The van der Waals surface area contributed by atoms with Crippen LogP contribution in [0.15, 0.2) is 18.2 Å². The maximum atomic E-state index is 13.0. The van der Waals surface area contributed by atoms with Crippen molar-refractivity contribution in [1.82, 2.24) is 0 Å². The zero-order valence-electron chi connectivity index (χ0n) is 12.6. The third-order valence-electron chi connectivity index (χ3n) is 4.17. The van der Waals surface area contributed by atoms with Crippen LogP contribution in [-0.4, -0.2) is 13.1 Å². The molecule has 1 aromatic rings. The van der Waals surface area contributed by atoms with Crippen LogP contribution in [0.1, 0.15) is 33.1 Å². The van der Waals surface area contributed by atoms with E-state index in [1.807, 2.05) is 0 Å². The van der Waals surface area contributed by atoms with E-state index in [-0.39, 0.29) is 63.2 Å². The molecule has 0 aliphatic heterocycles. The zero-order valence-corrected chi connectivity index (χ0v) is 15.7. The Morgan fingerprint density at radius 1 is 1.10 bits per heavy atom. The average Bonchev–Trinajstić information content (AvgIpc) is 2.35. The van der Waals surface area contributed by atoms with Crippen molar-refractivity contribution in [1.29, 1.82) is 0 Å². The molecule has 7 heteroatoms. The Balaban J connectivity index is 0.00000220. The van der Waals surface area contributed by atoms with Gasteiger partial charge in [0, 0.05) is 0 Å². The van der Waals surface area contributed by atoms with Crippen molar-refractivity contribution < 1.29 is 73.5 Å². The van der Waals surface area contributed by atoms with E-state index in [9.17, 15) is 17.3 Å². The average molecular weight is 328 g/mol. The topological polar surface area (TPSA) is 9.23 Å². The molecule has 1 aliphatic carbocycles. The summed E-state index contributed by atoms with van der Waals surface area (Å²) in [5.41, 5.74) is -0.976. The molecule has 1 fully saturated rings. The molecule has 3 atom stereocenters. The molecule has 1 aliphatic rings. The summed E-state index contributed by atoms with van der Waals surface area (Å²) in [6, 6.07) is 2.61. The minimum absolute atomic E-state index is 0. The Kier molecular flexibility index (Phi) is 7.25. The summed E-state index contributed by atoms with van der Waals surface area (Å²) in [6.45, 7) is -1.05. The van der Waals surface area contributed by atoms with Crippen LogP contribution in [0.2, 0.25) is 0 Å². The molecule has 0 saturated heterocycles. The van der Waals surface area contributed by atoms with Crippen molar-refractivity contribution in [2.24, 2.45) is 11.8 Å². The normalized spacial score (nSPS) is 26.1. The minimum atomic E-state index is -5.27. The van der Waals surface area contributed by atoms with E-state index in [0.717, 1.165) is 31.4 Å². The van der Waals surface area contributed by atoms with Gasteiger partial charge in [-0.1, -0.05) is 19.3 Å². The maximum absolute atomic E-state index is 13.0. The predicted octanol–water partition coefficient (Wildman–Crippen LogP) is 1.09. The Hall–Kier alpha value is 0.441. The standard InChI is InChI=1S/C14H18BF4O.K/c1-9-3-5-12(7-10(9)2)20-14-6-4-11(16)8-13(14)15(17,18)19;/h4,6,8-10,12H,3,5,7H2,1-2H3;/q-1;+1. The number of hydrogen-bond acceptors (Lipinski definition) is 1. The Morgan fingerprint density at radius 3 is 2.33 bits per heavy atom. The first-order chi connectivity index (χ1) is 9.27. The summed E-state index contributed by atoms with van der Waals surface area (Å²) in [5, 5.41) is 0. The molecular formula is C14H18BF4KO. The molecule has 0 radical (unpaired) electrons. The third kappa shape index (κ3) is 5.23. The quantitative estimate of drug-likeness (QED) is 0.596. The first-order valence-corrected chi connectivity index (χ1v) is 6.93. The number of halogens is 4. The Bertz CT molecular complexity index is 481. The second-order valence-corrected chi connectivity index (χ2v) is 5.76. The molecule has 1 saturated carbocycles. The second-order valence-electron chi connectivity index (χ2n) is 5.76. The van der Waals surface area contributed by atoms with E-state index in [1.165, 1.54) is 0 Å². The van der Waals surface area contributed by atoms with Gasteiger partial charge in [-0.3, -0.25) is 0 Å². The van der Waals surface area contributed by atoms with E-state index in [1.54, 1.807) is 0 Å². The Labute approximate surface area is 165 Å². The summed E-state index contributed by atoms with van der Waals surface area (Å²) in [6.07, 6.45) is 2.21. The third-order valence-corrected chi connectivity index (χ3v) is 4.17. The van der Waals surface area contributed by atoms with E-state index < -0.39 is 18.3 Å². The van der Waals surface area contributed by atoms with Crippen LogP contribution in [0.25, 0.3) is 0 Å². The number of benzene rings is 1. The zero-order chi connectivity index (χ0) is 14.9. The van der Waals surface area contributed by atoms with E-state index >= 15 is 0 Å². The molecule has 112 valence electrons. The van der Waals surface area contributed by atoms with Gasteiger partial charge in [-0.25, -0.2) is 4.39 Å². The van der Waals surface area contributed by atoms with Crippen molar-refractivity contribution in [3.8, 4) is 5.75 Å². The fourth-order valence-electron chi connectivity index (χ4n) is 2.67. The SMILES string of the molecule is CC1CCC(Oc2ccc(F)cc2[B-](F)(F)F)CC1C.[K+]. The van der Waals surface area contributed by atoms with Crippen LogP contribution in [-0.2, 0) is 0 Å². The van der Waals surface area contributed by atoms with Gasteiger partial charge in [0.2, 0.25) is 0 Å². The smallest absolute Gasteiger partial charge is 0.493 e. The van der Waals surface area contributed by atoms with Gasteiger partial charge in [-0.05, 0) is 49.3 Å². The summed E-state index contributed by atoms with van der Waals surface area (Å²) >= 11 is 0. The molecule has 0 bridgehead atoms. The monoisotopic (exact) mass is 328 g/mol. The van der Waals surface area contributed by atoms with Crippen molar-refractivity contribution in [2.75, 3.05) is 0 Å². The molecule has 0 amide bonds. The van der Waals surface area contributed by atoms with E-state index in [2.05, 4.69) is 13.8 Å². The molecule has 1 nitrogen and oxygen atoms in total. The minimum Gasteiger partial charge on any atom is -0.493 e. The molecule has 0 spiro atoms. The summed E-state index contributed by atoms with van der Waals surface area (Å²) in [5.74, 6) is -0.147. The first-order valence-electron chi connectivity index (χ1n) is 6.93. The van der Waals surface area contributed by atoms with Crippen LogP contribution in [0, 0.1) is 17.7 Å². The number of hydrogen-bond donors (Lipinski definition) is 0. The molecule has 0 aromatic heterocycles. The van der Waals surface area contributed by atoms with Crippen LogP contribution >= 0.6 is 0 Å². The first kappa shape index (κ1) is 19.5. The molecular weight excluding hydrogens is 310 g/mol. The number of rotatable bonds is 3. The van der Waals surface area contributed by atoms with Gasteiger partial charge in [-0.15, -0.1) is 0 Å². The molecule has 21 heavy (non-hydrogen) atoms. The predicted molar refractivity (Wildman–Crippen MR) is 71.7 cm³/mol. The van der Waals surface area contributed by atoms with Gasteiger partial charge < -0.3 is 17.7 Å². The van der Waals surface area contributed by atoms with Crippen molar-refractivity contribution in [3.05, 3.63) is 24.0 Å². The molecule has 2 rings (SSSR count). The van der Waals surface area contributed by atoms with Crippen LogP contribution < -0.4 is 61.6 Å². The van der Waals surface area contributed by atoms with Gasteiger partial charge in [0.25, 0.3) is 0 Å². The fraction of sp³-hybridized carbons (Fsp3) is 0.571. The van der Waals surface area contributed by atoms with Gasteiger partial charge in [0.15, 0.2) is 0 Å². The van der Waals surface area contributed by atoms with Crippen molar-refractivity contribution >= 4 is 12.4 Å². The van der Waals surface area contributed by atoms with Gasteiger partial charge in [-0.2, -0.15) is 0 Å². The summed E-state index contributed by atoms with van der Waals surface area (Å²) < 4.78 is 57.4.